The Hall–Kier alpha value is -1.31. The zero-order valence-corrected chi connectivity index (χ0v) is 7.43. The Morgan fingerprint density at radius 1 is 1.33 bits per heavy atom. The van der Waals surface area contributed by atoms with Crippen molar-refractivity contribution < 1.29 is 9.13 Å². The Labute approximate surface area is 72.5 Å². The van der Waals surface area contributed by atoms with E-state index in [1.807, 2.05) is 0 Å². The molecule has 0 fully saturated rings. The molecule has 0 unspecified atom stereocenters. The Kier molecular flexibility index (Phi) is 4.77. The van der Waals surface area contributed by atoms with Crippen molar-refractivity contribution in [2.45, 2.75) is 6.92 Å². The van der Waals surface area contributed by atoms with E-state index in [2.05, 4.69) is 13.2 Å². The molecular weight excluding hydrogens is 155 g/mol. The summed E-state index contributed by atoms with van der Waals surface area (Å²) in [6, 6.07) is 5.07. The van der Waals surface area contributed by atoms with Crippen molar-refractivity contribution in [3.05, 3.63) is 42.7 Å². The monoisotopic (exact) mass is 168 g/mol. The van der Waals surface area contributed by atoms with Crippen molar-refractivity contribution in [2.75, 3.05) is 7.11 Å². The summed E-state index contributed by atoms with van der Waals surface area (Å²) >= 11 is 0. The Morgan fingerprint density at radius 2 is 1.92 bits per heavy atom. The highest BCUT2D eigenvalue weighted by molar-refractivity contribution is 5.29. The van der Waals surface area contributed by atoms with Crippen LogP contribution in [0.5, 0.6) is 5.75 Å². The number of methoxy groups -OCH3 is 1. The van der Waals surface area contributed by atoms with Crippen LogP contribution in [-0.2, 0) is 0 Å². The molecule has 0 saturated heterocycles. The zero-order valence-electron chi connectivity index (χ0n) is 7.43. The van der Waals surface area contributed by atoms with E-state index in [0.717, 1.165) is 0 Å². The molecule has 0 amide bonds. The molecule has 1 nitrogen and oxygen atoms in total. The average Bonchev–Trinajstić information content (AvgIpc) is 2.13. The van der Waals surface area contributed by atoms with Crippen LogP contribution in [0.25, 0.3) is 0 Å². The first-order valence-corrected chi connectivity index (χ1v) is 3.55. The van der Waals surface area contributed by atoms with Gasteiger partial charge in [-0.1, -0.05) is 12.1 Å². The lowest BCUT2D eigenvalue weighted by Crippen LogP contribution is -1.89. The van der Waals surface area contributed by atoms with E-state index in [9.17, 15) is 4.39 Å². The Morgan fingerprint density at radius 3 is 2.33 bits per heavy atom. The average molecular weight is 168 g/mol. The second kappa shape index (κ2) is 5.35. The lowest BCUT2D eigenvalue weighted by Gasteiger charge is -2.01. The number of rotatable bonds is 1. The zero-order chi connectivity index (χ0) is 9.56. The first-order chi connectivity index (χ1) is 5.75. The fraction of sp³-hybridized carbons (Fsp3) is 0.200. The first kappa shape index (κ1) is 10.7. The van der Waals surface area contributed by atoms with Gasteiger partial charge in [0.05, 0.1) is 7.11 Å². The summed E-state index contributed by atoms with van der Waals surface area (Å²) < 4.78 is 17.6. The Bertz CT molecular complexity index is 246. The molecule has 0 aliphatic rings. The Balaban J connectivity index is 0.000000561. The van der Waals surface area contributed by atoms with E-state index in [1.165, 1.54) is 7.11 Å². The van der Waals surface area contributed by atoms with Crippen LogP contribution in [0.3, 0.4) is 0 Å². The molecule has 0 spiro atoms. The number of benzene rings is 1. The van der Waals surface area contributed by atoms with Crippen LogP contribution in [0.2, 0.25) is 0 Å². The normalized spacial score (nSPS) is 8.25. The summed E-state index contributed by atoms with van der Waals surface area (Å²) in [4.78, 5) is 0. The van der Waals surface area contributed by atoms with Crippen LogP contribution in [0.15, 0.2) is 31.4 Å². The molecule has 1 aromatic carbocycles. The highest BCUT2D eigenvalue weighted by atomic mass is 19.1. The van der Waals surface area contributed by atoms with Crippen molar-refractivity contribution in [2.24, 2.45) is 0 Å². The molecule has 12 heavy (non-hydrogen) atoms. The van der Waals surface area contributed by atoms with Gasteiger partial charge in [0.1, 0.15) is 0 Å². The molecule has 0 bridgehead atoms. The van der Waals surface area contributed by atoms with Gasteiger partial charge in [0.15, 0.2) is 11.6 Å². The topological polar surface area (TPSA) is 9.23 Å². The summed E-state index contributed by atoms with van der Waals surface area (Å²) in [6.07, 6.45) is 0. The van der Waals surface area contributed by atoms with Gasteiger partial charge in [-0.3, -0.25) is 0 Å². The second-order valence-corrected chi connectivity index (χ2v) is 2.09. The summed E-state index contributed by atoms with van der Waals surface area (Å²) in [5, 5.41) is 0. The van der Waals surface area contributed by atoms with Crippen LogP contribution in [0.4, 0.5) is 4.39 Å². The maximum absolute atomic E-state index is 12.9. The van der Waals surface area contributed by atoms with E-state index in [1.54, 1.807) is 25.1 Å². The first-order valence-electron chi connectivity index (χ1n) is 3.55. The van der Waals surface area contributed by atoms with Crippen molar-refractivity contribution in [1.82, 2.24) is 0 Å². The largest absolute Gasteiger partial charge is 0.494 e. The molecule has 0 atom stereocenters. The van der Waals surface area contributed by atoms with Crippen LogP contribution in [0, 0.1) is 12.7 Å². The summed E-state index contributed by atoms with van der Waals surface area (Å²) in [7, 11) is 1.46. The fourth-order valence-electron chi connectivity index (χ4n) is 0.778. The standard InChI is InChI=1S/C8H9FO.C2H4/c1-6-4-3-5-7(10-2)8(6)9;1-2/h3-5H,1-2H3;1-2H2. The highest BCUT2D eigenvalue weighted by Gasteiger charge is 2.02. The van der Waals surface area contributed by atoms with Crippen molar-refractivity contribution >= 4 is 0 Å². The van der Waals surface area contributed by atoms with Gasteiger partial charge in [-0.2, -0.15) is 0 Å². The van der Waals surface area contributed by atoms with Gasteiger partial charge in [0, 0.05) is 0 Å². The van der Waals surface area contributed by atoms with Gasteiger partial charge in [-0.25, -0.2) is 4.39 Å². The van der Waals surface area contributed by atoms with Crippen molar-refractivity contribution in [3.63, 3.8) is 0 Å². The molecule has 66 valence electrons. The minimum absolute atomic E-state index is 0.273. The third-order valence-corrected chi connectivity index (χ3v) is 1.38. The lowest BCUT2D eigenvalue weighted by atomic mass is 10.2. The van der Waals surface area contributed by atoms with Gasteiger partial charge < -0.3 is 4.74 Å². The minimum atomic E-state index is -0.273. The van der Waals surface area contributed by atoms with Crippen molar-refractivity contribution in [3.8, 4) is 5.75 Å². The predicted octanol–water partition coefficient (Wildman–Crippen LogP) is 2.94. The van der Waals surface area contributed by atoms with E-state index in [0.29, 0.717) is 11.3 Å². The van der Waals surface area contributed by atoms with Crippen LogP contribution < -0.4 is 4.74 Å². The molecule has 0 aromatic heterocycles. The number of hydrogen-bond acceptors (Lipinski definition) is 1. The molecular formula is C10H13FO. The lowest BCUT2D eigenvalue weighted by molar-refractivity contribution is 0.385. The molecule has 0 N–H and O–H groups in total. The number of aryl methyl sites for hydroxylation is 1. The quantitative estimate of drug-likeness (QED) is 0.586. The van der Waals surface area contributed by atoms with E-state index in [-0.39, 0.29) is 5.82 Å². The summed E-state index contributed by atoms with van der Waals surface area (Å²) in [5.41, 5.74) is 0.611. The van der Waals surface area contributed by atoms with E-state index in [4.69, 9.17) is 4.74 Å². The van der Waals surface area contributed by atoms with E-state index < -0.39 is 0 Å². The third-order valence-electron chi connectivity index (χ3n) is 1.38. The summed E-state index contributed by atoms with van der Waals surface area (Å²) in [6.45, 7) is 7.71. The summed E-state index contributed by atoms with van der Waals surface area (Å²) in [5.74, 6) is 0.0324. The highest BCUT2D eigenvalue weighted by Crippen LogP contribution is 2.18. The van der Waals surface area contributed by atoms with Crippen molar-refractivity contribution in [1.29, 1.82) is 0 Å². The molecule has 2 heteroatoms. The van der Waals surface area contributed by atoms with Gasteiger partial charge in [-0.05, 0) is 18.6 Å². The fourth-order valence-corrected chi connectivity index (χ4v) is 0.778. The minimum Gasteiger partial charge on any atom is -0.494 e. The number of hydrogen-bond donors (Lipinski definition) is 0. The molecule has 0 radical (unpaired) electrons. The van der Waals surface area contributed by atoms with Gasteiger partial charge in [-0.15, -0.1) is 13.2 Å². The number of ether oxygens (including phenoxy) is 1. The molecule has 1 aromatic rings. The maximum Gasteiger partial charge on any atom is 0.167 e. The molecule has 1 rings (SSSR count). The predicted molar refractivity (Wildman–Crippen MR) is 48.9 cm³/mol. The SMILES string of the molecule is C=C.COc1cccc(C)c1F. The second-order valence-electron chi connectivity index (χ2n) is 2.09. The molecule has 0 aliphatic heterocycles. The van der Waals surface area contributed by atoms with Gasteiger partial charge in [0.25, 0.3) is 0 Å². The molecule has 0 saturated carbocycles. The molecule has 0 aliphatic carbocycles. The third kappa shape index (κ3) is 2.38. The van der Waals surface area contributed by atoms with Gasteiger partial charge in [0.2, 0.25) is 0 Å². The molecule has 0 heterocycles. The maximum atomic E-state index is 12.9. The van der Waals surface area contributed by atoms with Crippen LogP contribution in [0.1, 0.15) is 5.56 Å². The smallest absolute Gasteiger partial charge is 0.167 e. The van der Waals surface area contributed by atoms with Crippen LogP contribution in [-0.4, -0.2) is 7.11 Å². The van der Waals surface area contributed by atoms with Gasteiger partial charge >= 0.3 is 0 Å². The number of halogens is 1. The van der Waals surface area contributed by atoms with E-state index >= 15 is 0 Å². The van der Waals surface area contributed by atoms with Crippen LogP contribution >= 0.6 is 0 Å².